The Morgan fingerprint density at radius 3 is 2.33 bits per heavy atom. The van der Waals surface area contributed by atoms with E-state index in [0.29, 0.717) is 0 Å². The smallest absolute Gasteiger partial charge is 0.262 e. The highest BCUT2D eigenvalue weighted by Crippen LogP contribution is 2.26. The van der Waals surface area contributed by atoms with Crippen LogP contribution in [0, 0.1) is 24.4 Å². The van der Waals surface area contributed by atoms with Crippen molar-refractivity contribution in [2.24, 2.45) is 0 Å². The molecule has 0 saturated carbocycles. The molecule has 8 heteroatoms. The first-order valence-electron chi connectivity index (χ1n) is 5.65. The second kappa shape index (κ2) is 5.69. The molecule has 21 heavy (non-hydrogen) atoms. The number of aryl methyl sites for hydroxylation is 1. The van der Waals surface area contributed by atoms with Crippen LogP contribution in [0.1, 0.15) is 5.56 Å². The molecule has 0 aliphatic rings. The van der Waals surface area contributed by atoms with Gasteiger partial charge in [0.25, 0.3) is 10.0 Å². The molecule has 0 unspecified atom stereocenters. The molecule has 0 aliphatic carbocycles. The molecule has 1 N–H and O–H groups in total. The summed E-state index contributed by atoms with van der Waals surface area (Å²) in [5.74, 6) is -2.88. The van der Waals surface area contributed by atoms with E-state index in [1.165, 1.54) is 19.1 Å². The summed E-state index contributed by atoms with van der Waals surface area (Å²) < 4.78 is 66.7. The molecule has 0 aromatic heterocycles. The molecule has 112 valence electrons. The topological polar surface area (TPSA) is 46.2 Å². The van der Waals surface area contributed by atoms with Crippen molar-refractivity contribution < 1.29 is 21.6 Å². The van der Waals surface area contributed by atoms with Crippen LogP contribution in [0.5, 0.6) is 0 Å². The SMILES string of the molecule is Cc1ccc(F)c(NS(=O)(=O)c2ccc(Br)c(F)c2)c1F. The molecule has 0 radical (unpaired) electrons. The standard InChI is InChI=1S/C13H9BrF3NO2S/c1-7-2-5-10(15)13(12(7)17)18-21(19,20)8-3-4-9(14)11(16)6-8/h2-6,18H,1H3. The van der Waals surface area contributed by atoms with Crippen LogP contribution in [-0.2, 0) is 10.0 Å². The first kappa shape index (κ1) is 15.8. The largest absolute Gasteiger partial charge is 0.274 e. The fourth-order valence-electron chi connectivity index (χ4n) is 1.59. The molecule has 0 amide bonds. The summed E-state index contributed by atoms with van der Waals surface area (Å²) in [5, 5.41) is 0. The van der Waals surface area contributed by atoms with Crippen LogP contribution in [0.2, 0.25) is 0 Å². The zero-order valence-electron chi connectivity index (χ0n) is 10.6. The number of halogens is 4. The van der Waals surface area contributed by atoms with Crippen molar-refractivity contribution in [1.29, 1.82) is 0 Å². The van der Waals surface area contributed by atoms with Crippen LogP contribution in [0.25, 0.3) is 0 Å². The number of rotatable bonds is 3. The fraction of sp³-hybridized carbons (Fsp3) is 0.0769. The normalized spacial score (nSPS) is 11.5. The van der Waals surface area contributed by atoms with E-state index in [-0.39, 0.29) is 10.0 Å². The van der Waals surface area contributed by atoms with Crippen LogP contribution in [0.15, 0.2) is 39.7 Å². The molecule has 0 atom stereocenters. The van der Waals surface area contributed by atoms with Gasteiger partial charge in [0.2, 0.25) is 0 Å². The van der Waals surface area contributed by atoms with E-state index in [4.69, 9.17) is 0 Å². The van der Waals surface area contributed by atoms with E-state index in [1.807, 2.05) is 0 Å². The monoisotopic (exact) mass is 379 g/mol. The van der Waals surface area contributed by atoms with Gasteiger partial charge < -0.3 is 0 Å². The average molecular weight is 380 g/mol. The number of hydrogen-bond acceptors (Lipinski definition) is 2. The van der Waals surface area contributed by atoms with Gasteiger partial charge in [-0.05, 0) is 52.7 Å². The molecular weight excluding hydrogens is 371 g/mol. The maximum atomic E-state index is 13.8. The quantitative estimate of drug-likeness (QED) is 0.876. The van der Waals surface area contributed by atoms with Gasteiger partial charge in [0, 0.05) is 0 Å². The molecule has 0 bridgehead atoms. The van der Waals surface area contributed by atoms with Crippen LogP contribution in [0.4, 0.5) is 18.9 Å². The Hall–Kier alpha value is -1.54. The highest BCUT2D eigenvalue weighted by Gasteiger charge is 2.21. The van der Waals surface area contributed by atoms with Crippen LogP contribution in [0.3, 0.4) is 0 Å². The van der Waals surface area contributed by atoms with Crippen molar-refractivity contribution in [3.05, 3.63) is 57.8 Å². The van der Waals surface area contributed by atoms with Gasteiger partial charge in [0.1, 0.15) is 17.3 Å². The highest BCUT2D eigenvalue weighted by atomic mass is 79.9. The summed E-state index contributed by atoms with van der Waals surface area (Å²) in [6.45, 7) is 1.37. The number of benzene rings is 2. The number of anilines is 1. The van der Waals surface area contributed by atoms with Crippen molar-refractivity contribution in [2.75, 3.05) is 4.72 Å². The van der Waals surface area contributed by atoms with Crippen LogP contribution >= 0.6 is 15.9 Å². The third kappa shape index (κ3) is 3.21. The van der Waals surface area contributed by atoms with Crippen molar-refractivity contribution in [2.45, 2.75) is 11.8 Å². The minimum atomic E-state index is -4.31. The lowest BCUT2D eigenvalue weighted by Crippen LogP contribution is -2.16. The Kier molecular flexibility index (Phi) is 4.29. The maximum Gasteiger partial charge on any atom is 0.262 e. The van der Waals surface area contributed by atoms with E-state index in [2.05, 4.69) is 15.9 Å². The van der Waals surface area contributed by atoms with E-state index < -0.39 is 38.1 Å². The molecule has 2 rings (SSSR count). The van der Waals surface area contributed by atoms with E-state index in [0.717, 1.165) is 18.2 Å². The first-order valence-corrected chi connectivity index (χ1v) is 7.92. The van der Waals surface area contributed by atoms with Crippen molar-refractivity contribution >= 4 is 31.6 Å². The first-order chi connectivity index (χ1) is 9.72. The average Bonchev–Trinajstić information content (AvgIpc) is 2.42. The summed E-state index contributed by atoms with van der Waals surface area (Å²) in [6, 6.07) is 5.17. The Balaban J connectivity index is 2.47. The Bertz CT molecular complexity index is 809. The van der Waals surface area contributed by atoms with Gasteiger partial charge in [-0.15, -0.1) is 0 Å². The Labute approximate surface area is 128 Å². The number of nitrogens with one attached hydrogen (secondary N) is 1. The minimum absolute atomic E-state index is 0.0781. The molecule has 3 nitrogen and oxygen atoms in total. The molecule has 2 aromatic rings. The van der Waals surface area contributed by atoms with Gasteiger partial charge in [-0.1, -0.05) is 6.07 Å². The maximum absolute atomic E-state index is 13.8. The van der Waals surface area contributed by atoms with Gasteiger partial charge in [0.05, 0.1) is 9.37 Å². The Morgan fingerprint density at radius 1 is 1.05 bits per heavy atom. The van der Waals surface area contributed by atoms with Crippen molar-refractivity contribution in [3.63, 3.8) is 0 Å². The van der Waals surface area contributed by atoms with Gasteiger partial charge >= 0.3 is 0 Å². The summed E-state index contributed by atoms with van der Waals surface area (Å²) in [7, 11) is -4.31. The van der Waals surface area contributed by atoms with Gasteiger partial charge in [-0.3, -0.25) is 4.72 Å². The predicted octanol–water partition coefficient (Wildman–Crippen LogP) is 3.98. The number of sulfonamides is 1. The number of hydrogen-bond donors (Lipinski definition) is 1. The summed E-state index contributed by atoms with van der Waals surface area (Å²) in [4.78, 5) is -0.441. The summed E-state index contributed by atoms with van der Waals surface area (Å²) >= 11 is 2.89. The second-order valence-electron chi connectivity index (χ2n) is 4.23. The lowest BCUT2D eigenvalue weighted by atomic mass is 10.2. The van der Waals surface area contributed by atoms with E-state index in [9.17, 15) is 21.6 Å². The molecule has 2 aromatic carbocycles. The molecule has 0 heterocycles. The lowest BCUT2D eigenvalue weighted by molar-refractivity contribution is 0.577. The highest BCUT2D eigenvalue weighted by molar-refractivity contribution is 9.10. The van der Waals surface area contributed by atoms with Gasteiger partial charge in [-0.25, -0.2) is 21.6 Å². The molecule has 0 fully saturated rings. The van der Waals surface area contributed by atoms with Crippen LogP contribution < -0.4 is 4.72 Å². The molecule has 0 aliphatic heterocycles. The van der Waals surface area contributed by atoms with E-state index >= 15 is 0 Å². The predicted molar refractivity (Wildman–Crippen MR) is 76.0 cm³/mol. The Morgan fingerprint density at radius 2 is 1.71 bits per heavy atom. The zero-order valence-corrected chi connectivity index (χ0v) is 13.0. The minimum Gasteiger partial charge on any atom is -0.274 e. The lowest BCUT2D eigenvalue weighted by Gasteiger charge is -2.11. The zero-order chi connectivity index (χ0) is 15.8. The third-order valence-electron chi connectivity index (χ3n) is 2.72. The summed E-state index contributed by atoms with van der Waals surface area (Å²) in [6.07, 6.45) is 0. The van der Waals surface area contributed by atoms with E-state index in [1.54, 1.807) is 4.72 Å². The van der Waals surface area contributed by atoms with Crippen molar-refractivity contribution in [3.8, 4) is 0 Å². The van der Waals surface area contributed by atoms with Crippen LogP contribution in [-0.4, -0.2) is 8.42 Å². The summed E-state index contributed by atoms with van der Waals surface area (Å²) in [5.41, 5.74) is -0.714. The second-order valence-corrected chi connectivity index (χ2v) is 6.77. The molecule has 0 spiro atoms. The molecular formula is C13H9BrF3NO2S. The third-order valence-corrected chi connectivity index (χ3v) is 4.71. The van der Waals surface area contributed by atoms with Gasteiger partial charge in [-0.2, -0.15) is 0 Å². The van der Waals surface area contributed by atoms with Crippen molar-refractivity contribution in [1.82, 2.24) is 0 Å². The molecule has 0 saturated heterocycles. The fourth-order valence-corrected chi connectivity index (χ4v) is 2.91. The van der Waals surface area contributed by atoms with Gasteiger partial charge in [0.15, 0.2) is 5.82 Å².